The van der Waals surface area contributed by atoms with Crippen molar-refractivity contribution in [2.75, 3.05) is 11.5 Å². The molecule has 0 aromatic rings. The van der Waals surface area contributed by atoms with Crippen molar-refractivity contribution in [3.8, 4) is 0 Å². The van der Waals surface area contributed by atoms with E-state index in [1.165, 1.54) is 0 Å². The van der Waals surface area contributed by atoms with Crippen molar-refractivity contribution in [2.24, 2.45) is 5.73 Å². The van der Waals surface area contributed by atoms with Gasteiger partial charge in [0.25, 0.3) is 0 Å². The van der Waals surface area contributed by atoms with Crippen molar-refractivity contribution in [1.29, 1.82) is 0 Å². The molecule has 1 unspecified atom stereocenters. The minimum Gasteiger partial charge on any atom is -0.328 e. The summed E-state index contributed by atoms with van der Waals surface area (Å²) in [6, 6.07) is 0.240. The van der Waals surface area contributed by atoms with Gasteiger partial charge in [-0.3, -0.25) is 0 Å². The number of hydrogen-bond donors (Lipinski definition) is 1. The Bertz CT molecular complexity index is 212. The maximum Gasteiger partial charge on any atom is 0.150 e. The van der Waals surface area contributed by atoms with Crippen LogP contribution in [0.2, 0.25) is 0 Å². The summed E-state index contributed by atoms with van der Waals surface area (Å²) >= 11 is 0. The Morgan fingerprint density at radius 1 is 1.23 bits per heavy atom. The molecule has 0 rings (SSSR count). The summed E-state index contributed by atoms with van der Waals surface area (Å²) in [6.07, 6.45) is 3.59. The van der Waals surface area contributed by atoms with Crippen molar-refractivity contribution in [1.82, 2.24) is 0 Å². The topological polar surface area (TPSA) is 60.2 Å². The first-order valence-corrected chi connectivity index (χ1v) is 6.80. The third-order valence-electron chi connectivity index (χ3n) is 2.24. The normalized spacial score (nSPS) is 14.4. The van der Waals surface area contributed by atoms with Gasteiger partial charge in [-0.25, -0.2) is 8.42 Å². The molecule has 0 heterocycles. The van der Waals surface area contributed by atoms with E-state index in [2.05, 4.69) is 0 Å². The van der Waals surface area contributed by atoms with Gasteiger partial charge >= 0.3 is 0 Å². The molecule has 0 bridgehead atoms. The monoisotopic (exact) mass is 207 g/mol. The van der Waals surface area contributed by atoms with Crippen LogP contribution < -0.4 is 5.73 Å². The molecule has 0 fully saturated rings. The molecule has 0 aromatic heterocycles. The minimum absolute atomic E-state index is 0.240. The average molecular weight is 207 g/mol. The van der Waals surface area contributed by atoms with Gasteiger partial charge in [0.2, 0.25) is 0 Å². The summed E-state index contributed by atoms with van der Waals surface area (Å²) in [6.45, 7) is 3.74. The smallest absolute Gasteiger partial charge is 0.150 e. The zero-order valence-electron chi connectivity index (χ0n) is 8.62. The van der Waals surface area contributed by atoms with E-state index in [1.807, 2.05) is 6.92 Å². The van der Waals surface area contributed by atoms with Gasteiger partial charge in [-0.15, -0.1) is 0 Å². The highest BCUT2D eigenvalue weighted by molar-refractivity contribution is 7.91. The van der Waals surface area contributed by atoms with Gasteiger partial charge in [0.05, 0.1) is 5.75 Å². The lowest BCUT2D eigenvalue weighted by Crippen LogP contribution is -2.18. The average Bonchev–Trinajstić information content (AvgIpc) is 2.12. The lowest BCUT2D eigenvalue weighted by atomic mass is 10.1. The van der Waals surface area contributed by atoms with Crippen molar-refractivity contribution >= 4 is 9.84 Å². The van der Waals surface area contributed by atoms with Crippen LogP contribution in [0.25, 0.3) is 0 Å². The molecule has 0 aliphatic rings. The molecule has 0 radical (unpaired) electrons. The van der Waals surface area contributed by atoms with E-state index >= 15 is 0 Å². The number of nitrogens with two attached hydrogens (primary N) is 1. The lowest BCUT2D eigenvalue weighted by Gasteiger charge is -2.07. The summed E-state index contributed by atoms with van der Waals surface area (Å²) in [5.41, 5.74) is 5.71. The lowest BCUT2D eigenvalue weighted by molar-refractivity contribution is 0.555. The molecule has 0 aromatic carbocycles. The highest BCUT2D eigenvalue weighted by atomic mass is 32.2. The molecule has 80 valence electrons. The van der Waals surface area contributed by atoms with Crippen LogP contribution >= 0.6 is 0 Å². The number of unbranched alkanes of at least 4 members (excludes halogenated alkanes) is 1. The molecule has 0 saturated carbocycles. The Morgan fingerprint density at radius 2 is 1.85 bits per heavy atom. The van der Waals surface area contributed by atoms with Crippen molar-refractivity contribution in [3.05, 3.63) is 0 Å². The second-order valence-electron chi connectivity index (χ2n) is 3.40. The summed E-state index contributed by atoms with van der Waals surface area (Å²) in [5.74, 6) is 0.576. The molecule has 0 spiro atoms. The Hall–Kier alpha value is -0.0900. The van der Waals surface area contributed by atoms with Crippen LogP contribution in [0.4, 0.5) is 0 Å². The SMILES string of the molecule is CCC(N)CCCCS(=O)(=O)CC. The summed E-state index contributed by atoms with van der Waals surface area (Å²) in [5, 5.41) is 0. The van der Waals surface area contributed by atoms with Crippen LogP contribution in [0, 0.1) is 0 Å². The Balaban J connectivity index is 3.47. The molecule has 3 nitrogen and oxygen atoms in total. The molecular weight excluding hydrogens is 186 g/mol. The molecule has 1 atom stereocenters. The second kappa shape index (κ2) is 6.38. The van der Waals surface area contributed by atoms with Crippen molar-refractivity contribution < 1.29 is 8.42 Å². The molecule has 0 aliphatic carbocycles. The fourth-order valence-corrected chi connectivity index (χ4v) is 2.01. The third kappa shape index (κ3) is 7.02. The van der Waals surface area contributed by atoms with Crippen LogP contribution in [-0.2, 0) is 9.84 Å². The van der Waals surface area contributed by atoms with Gasteiger partial charge in [0.15, 0.2) is 0 Å². The summed E-state index contributed by atoms with van der Waals surface area (Å²) in [4.78, 5) is 0. The first-order valence-electron chi connectivity index (χ1n) is 4.97. The molecule has 0 amide bonds. The first-order chi connectivity index (χ1) is 6.02. The van der Waals surface area contributed by atoms with E-state index in [0.29, 0.717) is 5.75 Å². The highest BCUT2D eigenvalue weighted by Gasteiger charge is 2.06. The van der Waals surface area contributed by atoms with Crippen LogP contribution in [0.5, 0.6) is 0 Å². The molecule has 0 saturated heterocycles. The molecule has 2 N–H and O–H groups in total. The quantitative estimate of drug-likeness (QED) is 0.641. The zero-order chi connectivity index (χ0) is 10.3. The fraction of sp³-hybridized carbons (Fsp3) is 1.00. The van der Waals surface area contributed by atoms with Crippen LogP contribution in [0.3, 0.4) is 0 Å². The minimum atomic E-state index is -2.76. The zero-order valence-corrected chi connectivity index (χ0v) is 9.44. The van der Waals surface area contributed by atoms with Crippen molar-refractivity contribution in [3.63, 3.8) is 0 Å². The van der Waals surface area contributed by atoms with Gasteiger partial charge in [0.1, 0.15) is 9.84 Å². The predicted molar refractivity (Wildman–Crippen MR) is 56.4 cm³/mol. The van der Waals surface area contributed by atoms with Crippen LogP contribution in [0.15, 0.2) is 0 Å². The van der Waals surface area contributed by atoms with E-state index in [9.17, 15) is 8.42 Å². The van der Waals surface area contributed by atoms with Gasteiger partial charge in [0, 0.05) is 11.8 Å². The van der Waals surface area contributed by atoms with E-state index in [-0.39, 0.29) is 11.8 Å². The van der Waals surface area contributed by atoms with Gasteiger partial charge in [-0.05, 0) is 19.3 Å². The van der Waals surface area contributed by atoms with Gasteiger partial charge < -0.3 is 5.73 Å². The largest absolute Gasteiger partial charge is 0.328 e. The number of hydrogen-bond acceptors (Lipinski definition) is 3. The van der Waals surface area contributed by atoms with Crippen molar-refractivity contribution in [2.45, 2.75) is 45.6 Å². The third-order valence-corrected chi connectivity index (χ3v) is 4.03. The number of sulfone groups is 1. The van der Waals surface area contributed by atoms with E-state index in [4.69, 9.17) is 5.73 Å². The summed E-state index contributed by atoms with van der Waals surface area (Å²) < 4.78 is 22.2. The molecule has 13 heavy (non-hydrogen) atoms. The van der Waals surface area contributed by atoms with E-state index in [0.717, 1.165) is 25.7 Å². The van der Waals surface area contributed by atoms with E-state index in [1.54, 1.807) is 6.92 Å². The van der Waals surface area contributed by atoms with Crippen LogP contribution in [0.1, 0.15) is 39.5 Å². The Morgan fingerprint density at radius 3 is 2.31 bits per heavy atom. The van der Waals surface area contributed by atoms with E-state index < -0.39 is 9.84 Å². The molecule has 4 heteroatoms. The number of rotatable bonds is 7. The first kappa shape index (κ1) is 12.9. The van der Waals surface area contributed by atoms with Gasteiger partial charge in [-0.2, -0.15) is 0 Å². The summed E-state index contributed by atoms with van der Waals surface area (Å²) in [7, 11) is -2.76. The molecule has 0 aliphatic heterocycles. The Kier molecular flexibility index (Phi) is 6.33. The van der Waals surface area contributed by atoms with Crippen LogP contribution in [-0.4, -0.2) is 26.0 Å². The van der Waals surface area contributed by atoms with Gasteiger partial charge in [-0.1, -0.05) is 20.3 Å². The standard InChI is InChI=1S/C9H21NO2S/c1-3-9(10)7-5-6-8-13(11,12)4-2/h9H,3-8,10H2,1-2H3. The maximum absolute atomic E-state index is 11.1. The molecular formula is C9H21NO2S. The fourth-order valence-electron chi connectivity index (χ4n) is 1.08. The highest BCUT2D eigenvalue weighted by Crippen LogP contribution is 2.04. The predicted octanol–water partition coefficient (Wildman–Crippen LogP) is 1.33. The Labute approximate surface area is 81.6 Å². The second-order valence-corrected chi connectivity index (χ2v) is 5.87. The maximum atomic E-state index is 11.1.